The molecule has 5 nitrogen and oxygen atoms in total. The third-order valence-corrected chi connectivity index (χ3v) is 3.96. The lowest BCUT2D eigenvalue weighted by Crippen LogP contribution is -2.45. The topological polar surface area (TPSA) is 40.1 Å². The van der Waals surface area contributed by atoms with E-state index in [0.717, 1.165) is 30.2 Å². The molecule has 1 aromatic rings. The van der Waals surface area contributed by atoms with Crippen molar-refractivity contribution in [1.82, 2.24) is 19.7 Å². The second-order valence-corrected chi connectivity index (χ2v) is 5.54. The summed E-state index contributed by atoms with van der Waals surface area (Å²) < 4.78 is 2.83. The molecule has 1 atom stereocenters. The van der Waals surface area contributed by atoms with E-state index in [4.69, 9.17) is 12.2 Å². The van der Waals surface area contributed by atoms with Crippen LogP contribution in [0.15, 0.2) is 0 Å². The van der Waals surface area contributed by atoms with Crippen molar-refractivity contribution in [3.63, 3.8) is 0 Å². The van der Waals surface area contributed by atoms with Crippen LogP contribution in [0.5, 0.6) is 0 Å². The second kappa shape index (κ2) is 5.84. The Bertz CT molecular complexity index is 438. The van der Waals surface area contributed by atoms with Crippen LogP contribution in [0.25, 0.3) is 0 Å². The molecule has 0 saturated carbocycles. The van der Waals surface area contributed by atoms with E-state index >= 15 is 0 Å². The summed E-state index contributed by atoms with van der Waals surface area (Å²) in [7, 11) is 4.31. The fourth-order valence-corrected chi connectivity index (χ4v) is 2.84. The van der Waals surface area contributed by atoms with E-state index in [1.165, 1.54) is 19.4 Å². The molecule has 1 aromatic heterocycles. The minimum atomic E-state index is 0.532. The van der Waals surface area contributed by atoms with Gasteiger partial charge in [-0.1, -0.05) is 6.92 Å². The molecule has 102 valence electrons. The van der Waals surface area contributed by atoms with Gasteiger partial charge in [-0.25, -0.2) is 5.10 Å². The molecule has 2 heterocycles. The molecule has 0 aliphatic carbocycles. The third kappa shape index (κ3) is 2.75. The first-order chi connectivity index (χ1) is 8.63. The van der Waals surface area contributed by atoms with Gasteiger partial charge in [0.25, 0.3) is 0 Å². The van der Waals surface area contributed by atoms with Gasteiger partial charge in [-0.05, 0) is 45.1 Å². The van der Waals surface area contributed by atoms with Gasteiger partial charge in [0.05, 0.1) is 0 Å². The Hall–Kier alpha value is -0.880. The van der Waals surface area contributed by atoms with Crippen LogP contribution in [0.3, 0.4) is 0 Å². The summed E-state index contributed by atoms with van der Waals surface area (Å²) in [5, 5.41) is 7.30. The minimum absolute atomic E-state index is 0.532. The number of piperidine rings is 1. The molecule has 1 aliphatic rings. The van der Waals surface area contributed by atoms with Crippen molar-refractivity contribution in [2.24, 2.45) is 0 Å². The van der Waals surface area contributed by atoms with Gasteiger partial charge in [0.1, 0.15) is 0 Å². The van der Waals surface area contributed by atoms with Crippen LogP contribution >= 0.6 is 12.2 Å². The molecule has 0 aromatic carbocycles. The lowest BCUT2D eigenvalue weighted by Gasteiger charge is -2.36. The van der Waals surface area contributed by atoms with Crippen LogP contribution in [0.4, 0.5) is 5.95 Å². The normalized spacial score (nSPS) is 21.2. The zero-order valence-corrected chi connectivity index (χ0v) is 12.3. The maximum Gasteiger partial charge on any atom is 0.225 e. The Labute approximate surface area is 114 Å². The number of nitrogens with zero attached hydrogens (tertiary/aromatic N) is 4. The summed E-state index contributed by atoms with van der Waals surface area (Å²) in [6.07, 6.45) is 3.55. The first-order valence-electron chi connectivity index (χ1n) is 6.70. The van der Waals surface area contributed by atoms with E-state index < -0.39 is 0 Å². The SMILES string of the molecule is CCCn1c(N(C)C2CCCN(C)C2)n[nH]c1=S. The number of likely N-dealkylation sites (tertiary alicyclic amines) is 1. The Morgan fingerprint density at radius 2 is 2.33 bits per heavy atom. The maximum atomic E-state index is 5.29. The number of rotatable bonds is 4. The van der Waals surface area contributed by atoms with Gasteiger partial charge in [0, 0.05) is 26.2 Å². The number of nitrogens with one attached hydrogen (secondary N) is 1. The van der Waals surface area contributed by atoms with Crippen LogP contribution in [0.2, 0.25) is 0 Å². The van der Waals surface area contributed by atoms with Crippen LogP contribution in [-0.2, 0) is 6.54 Å². The predicted octanol–water partition coefficient (Wildman–Crippen LogP) is 1.88. The van der Waals surface area contributed by atoms with Gasteiger partial charge in [-0.15, -0.1) is 5.10 Å². The molecule has 1 saturated heterocycles. The number of likely N-dealkylation sites (N-methyl/N-ethyl adjacent to an activating group) is 2. The predicted molar refractivity (Wildman–Crippen MR) is 76.6 cm³/mol. The first kappa shape index (κ1) is 13.5. The second-order valence-electron chi connectivity index (χ2n) is 5.15. The summed E-state index contributed by atoms with van der Waals surface area (Å²) in [6.45, 7) is 5.39. The van der Waals surface area contributed by atoms with Crippen LogP contribution in [-0.4, -0.2) is 52.9 Å². The molecule has 0 spiro atoms. The van der Waals surface area contributed by atoms with Crippen molar-refractivity contribution in [1.29, 1.82) is 0 Å². The van der Waals surface area contributed by atoms with Crippen LogP contribution in [0, 0.1) is 4.77 Å². The van der Waals surface area contributed by atoms with E-state index in [9.17, 15) is 0 Å². The average Bonchev–Trinajstić information content (AvgIpc) is 2.71. The smallest absolute Gasteiger partial charge is 0.225 e. The highest BCUT2D eigenvalue weighted by Crippen LogP contribution is 2.19. The van der Waals surface area contributed by atoms with E-state index in [0.29, 0.717) is 6.04 Å². The van der Waals surface area contributed by atoms with Crippen molar-refractivity contribution >= 4 is 18.2 Å². The molecule has 0 radical (unpaired) electrons. The highest BCUT2D eigenvalue weighted by Gasteiger charge is 2.24. The Balaban J connectivity index is 2.17. The van der Waals surface area contributed by atoms with Gasteiger partial charge < -0.3 is 9.80 Å². The highest BCUT2D eigenvalue weighted by atomic mass is 32.1. The molecule has 0 amide bonds. The number of aromatic amines is 1. The minimum Gasteiger partial charge on any atom is -0.340 e. The number of H-pyrrole nitrogens is 1. The van der Waals surface area contributed by atoms with Crippen molar-refractivity contribution in [2.45, 2.75) is 38.8 Å². The molecular weight excluding hydrogens is 246 g/mol. The van der Waals surface area contributed by atoms with Gasteiger partial charge in [-0.2, -0.15) is 0 Å². The fraction of sp³-hybridized carbons (Fsp3) is 0.833. The summed E-state index contributed by atoms with van der Waals surface area (Å²) in [4.78, 5) is 4.66. The van der Waals surface area contributed by atoms with Gasteiger partial charge >= 0.3 is 0 Å². The zero-order chi connectivity index (χ0) is 13.1. The number of hydrogen-bond acceptors (Lipinski definition) is 4. The van der Waals surface area contributed by atoms with Crippen molar-refractivity contribution in [3.05, 3.63) is 4.77 Å². The summed E-state index contributed by atoms with van der Waals surface area (Å²) in [6, 6.07) is 0.532. The molecule has 6 heteroatoms. The lowest BCUT2D eigenvalue weighted by molar-refractivity contribution is 0.246. The highest BCUT2D eigenvalue weighted by molar-refractivity contribution is 7.71. The van der Waals surface area contributed by atoms with Crippen molar-refractivity contribution in [3.8, 4) is 0 Å². The monoisotopic (exact) mass is 269 g/mol. The standard InChI is InChI=1S/C12H23N5S/c1-4-7-17-11(13-14-12(17)18)16(3)10-6-5-8-15(2)9-10/h10H,4-9H2,1-3H3,(H,14,18). The maximum absolute atomic E-state index is 5.29. The van der Waals surface area contributed by atoms with Crippen molar-refractivity contribution < 1.29 is 0 Å². The zero-order valence-electron chi connectivity index (χ0n) is 11.5. The molecular formula is C12H23N5S. The van der Waals surface area contributed by atoms with Gasteiger partial charge in [0.15, 0.2) is 4.77 Å². The number of hydrogen-bond donors (Lipinski definition) is 1. The summed E-state index contributed by atoms with van der Waals surface area (Å²) >= 11 is 5.29. The summed E-state index contributed by atoms with van der Waals surface area (Å²) in [5.41, 5.74) is 0. The molecule has 0 bridgehead atoms. The Morgan fingerprint density at radius 1 is 1.56 bits per heavy atom. The van der Waals surface area contributed by atoms with Gasteiger partial charge in [0.2, 0.25) is 5.95 Å². The molecule has 1 fully saturated rings. The van der Waals surface area contributed by atoms with Crippen LogP contribution in [0.1, 0.15) is 26.2 Å². The van der Waals surface area contributed by atoms with E-state index in [1.807, 2.05) is 0 Å². The molecule has 18 heavy (non-hydrogen) atoms. The molecule has 1 aliphatic heterocycles. The van der Waals surface area contributed by atoms with E-state index in [-0.39, 0.29) is 0 Å². The average molecular weight is 269 g/mol. The Morgan fingerprint density at radius 3 is 3.00 bits per heavy atom. The first-order valence-corrected chi connectivity index (χ1v) is 7.11. The molecule has 2 rings (SSSR count). The van der Waals surface area contributed by atoms with Crippen molar-refractivity contribution in [2.75, 3.05) is 32.1 Å². The third-order valence-electron chi connectivity index (χ3n) is 3.65. The van der Waals surface area contributed by atoms with E-state index in [1.54, 1.807) is 0 Å². The molecule has 1 N–H and O–H groups in total. The summed E-state index contributed by atoms with van der Waals surface area (Å²) in [5.74, 6) is 0.974. The number of anilines is 1. The quantitative estimate of drug-likeness (QED) is 0.847. The lowest BCUT2D eigenvalue weighted by atomic mass is 10.1. The Kier molecular flexibility index (Phi) is 4.40. The fourth-order valence-electron chi connectivity index (χ4n) is 2.62. The van der Waals surface area contributed by atoms with Crippen LogP contribution < -0.4 is 4.90 Å². The van der Waals surface area contributed by atoms with Gasteiger partial charge in [-0.3, -0.25) is 4.57 Å². The number of aromatic nitrogens is 3. The van der Waals surface area contributed by atoms with E-state index in [2.05, 4.69) is 45.6 Å². The molecule has 1 unspecified atom stereocenters. The largest absolute Gasteiger partial charge is 0.340 e.